The van der Waals surface area contributed by atoms with E-state index in [1.54, 1.807) is 25.1 Å². The number of amides is 1. The van der Waals surface area contributed by atoms with Gasteiger partial charge in [-0.3, -0.25) is 14.2 Å². The van der Waals surface area contributed by atoms with Gasteiger partial charge in [-0.05, 0) is 37.3 Å². The molecule has 2 aromatic heterocycles. The molecule has 0 radical (unpaired) electrons. The highest BCUT2D eigenvalue weighted by atomic mass is 32.1. The van der Waals surface area contributed by atoms with Gasteiger partial charge in [0, 0.05) is 18.7 Å². The highest BCUT2D eigenvalue weighted by molar-refractivity contribution is 7.20. The van der Waals surface area contributed by atoms with Crippen LogP contribution in [-0.4, -0.2) is 33.4 Å². The van der Waals surface area contributed by atoms with Crippen molar-refractivity contribution in [1.82, 2.24) is 14.5 Å². The molecule has 1 aliphatic rings. The zero-order valence-corrected chi connectivity index (χ0v) is 16.8. The largest absolute Gasteiger partial charge is 0.338 e. The summed E-state index contributed by atoms with van der Waals surface area (Å²) in [6.45, 7) is 5.61. The summed E-state index contributed by atoms with van der Waals surface area (Å²) in [4.78, 5) is 33.4. The minimum absolute atomic E-state index is 0.0209. The van der Waals surface area contributed by atoms with Gasteiger partial charge in [-0.2, -0.15) is 0 Å². The normalized spacial score (nSPS) is 15.3. The summed E-state index contributed by atoms with van der Waals surface area (Å²) in [6.07, 6.45) is 3.44. The number of thiophene rings is 1. The van der Waals surface area contributed by atoms with Crippen molar-refractivity contribution in [3.05, 3.63) is 62.8 Å². The summed E-state index contributed by atoms with van der Waals surface area (Å²) >= 11 is 1.27. The molecule has 5 nitrogen and oxygen atoms in total. The Morgan fingerprint density at radius 3 is 2.71 bits per heavy atom. The van der Waals surface area contributed by atoms with E-state index in [4.69, 9.17) is 0 Å². The average Bonchev–Trinajstić information content (AvgIpc) is 3.03. The molecule has 146 valence electrons. The first kappa shape index (κ1) is 18.8. The summed E-state index contributed by atoms with van der Waals surface area (Å²) in [7, 11) is 0. The lowest BCUT2D eigenvalue weighted by Crippen LogP contribution is -2.37. The van der Waals surface area contributed by atoms with Crippen LogP contribution in [0, 0.1) is 18.7 Å². The van der Waals surface area contributed by atoms with Crippen LogP contribution in [0.5, 0.6) is 0 Å². The zero-order valence-electron chi connectivity index (χ0n) is 15.9. The van der Waals surface area contributed by atoms with Crippen LogP contribution in [0.3, 0.4) is 0 Å². The van der Waals surface area contributed by atoms with Crippen molar-refractivity contribution in [2.75, 3.05) is 13.1 Å². The van der Waals surface area contributed by atoms with Gasteiger partial charge in [0.1, 0.15) is 10.6 Å². The van der Waals surface area contributed by atoms with E-state index in [0.717, 1.165) is 25.9 Å². The molecule has 3 heterocycles. The Labute approximate surface area is 166 Å². The van der Waals surface area contributed by atoms with E-state index in [2.05, 4.69) is 11.9 Å². The predicted octanol–water partition coefficient (Wildman–Crippen LogP) is 3.83. The third kappa shape index (κ3) is 3.35. The summed E-state index contributed by atoms with van der Waals surface area (Å²) < 4.78 is 15.4. The van der Waals surface area contributed by atoms with Gasteiger partial charge in [0.15, 0.2) is 0 Å². The molecule has 1 saturated heterocycles. The molecule has 0 saturated carbocycles. The second kappa shape index (κ2) is 7.47. The summed E-state index contributed by atoms with van der Waals surface area (Å²) in [5, 5.41) is 0.456. The molecule has 0 spiro atoms. The van der Waals surface area contributed by atoms with Crippen molar-refractivity contribution < 1.29 is 9.18 Å². The number of hydrogen-bond donors (Lipinski definition) is 0. The topological polar surface area (TPSA) is 55.2 Å². The fourth-order valence-electron chi connectivity index (χ4n) is 3.64. The number of carbonyl (C=O) groups excluding carboxylic acids is 1. The molecule has 28 heavy (non-hydrogen) atoms. The third-order valence-electron chi connectivity index (χ3n) is 5.48. The number of rotatable bonds is 3. The van der Waals surface area contributed by atoms with E-state index >= 15 is 0 Å². The SMILES string of the molecule is Cc1c(C(=O)N2CCC(C)CC2)sc2ncn(Cc3ccccc3F)c(=O)c12. The summed E-state index contributed by atoms with van der Waals surface area (Å²) in [6, 6.07) is 6.38. The number of fused-ring (bicyclic) bond motifs is 1. The fourth-order valence-corrected chi connectivity index (χ4v) is 4.75. The van der Waals surface area contributed by atoms with Crippen LogP contribution in [-0.2, 0) is 6.54 Å². The molecule has 3 aromatic rings. The minimum Gasteiger partial charge on any atom is -0.338 e. The van der Waals surface area contributed by atoms with E-state index < -0.39 is 0 Å². The second-order valence-electron chi connectivity index (χ2n) is 7.48. The monoisotopic (exact) mass is 399 g/mol. The maximum absolute atomic E-state index is 14.0. The molecule has 7 heteroatoms. The molecule has 4 rings (SSSR count). The molecular weight excluding hydrogens is 377 g/mol. The summed E-state index contributed by atoms with van der Waals surface area (Å²) in [5.74, 6) is 0.263. The standard InChI is InChI=1S/C21H22FN3O2S/c1-13-7-9-24(10-8-13)21(27)18-14(2)17-19(28-18)23-12-25(20(17)26)11-15-5-3-4-6-16(15)22/h3-6,12-13H,7-11H2,1-2H3. The molecule has 1 fully saturated rings. The Balaban J connectivity index is 1.69. The van der Waals surface area contributed by atoms with Crippen molar-refractivity contribution in [2.45, 2.75) is 33.2 Å². The number of likely N-dealkylation sites (tertiary alicyclic amines) is 1. The highest BCUT2D eigenvalue weighted by Gasteiger charge is 2.26. The molecule has 0 bridgehead atoms. The Bertz CT molecular complexity index is 1100. The number of hydrogen-bond acceptors (Lipinski definition) is 4. The first-order chi connectivity index (χ1) is 13.5. The minimum atomic E-state index is -0.355. The lowest BCUT2D eigenvalue weighted by molar-refractivity contribution is 0.0701. The van der Waals surface area contributed by atoms with E-state index in [0.29, 0.717) is 32.1 Å². The number of nitrogens with zero attached hydrogens (tertiary/aromatic N) is 3. The number of aryl methyl sites for hydroxylation is 1. The van der Waals surface area contributed by atoms with Gasteiger partial charge in [-0.1, -0.05) is 25.1 Å². The molecule has 0 unspecified atom stereocenters. The van der Waals surface area contributed by atoms with Crippen LogP contribution in [0.2, 0.25) is 0 Å². The molecule has 1 aliphatic heterocycles. The molecular formula is C21H22FN3O2S. The Kier molecular flexibility index (Phi) is 5.02. The number of carbonyl (C=O) groups is 1. The zero-order chi connectivity index (χ0) is 19.8. The summed E-state index contributed by atoms with van der Waals surface area (Å²) in [5.41, 5.74) is 0.856. The van der Waals surface area contributed by atoms with Gasteiger partial charge in [-0.25, -0.2) is 9.37 Å². The van der Waals surface area contributed by atoms with Crippen LogP contribution in [0.4, 0.5) is 4.39 Å². The van der Waals surface area contributed by atoms with Crippen molar-refractivity contribution in [3.8, 4) is 0 Å². The maximum atomic E-state index is 14.0. The van der Waals surface area contributed by atoms with Gasteiger partial charge >= 0.3 is 0 Å². The van der Waals surface area contributed by atoms with Gasteiger partial charge in [0.05, 0.1) is 23.1 Å². The van der Waals surface area contributed by atoms with Crippen LogP contribution < -0.4 is 5.56 Å². The van der Waals surface area contributed by atoms with E-state index in [-0.39, 0.29) is 23.8 Å². The third-order valence-corrected chi connectivity index (χ3v) is 6.67. The number of piperidine rings is 1. The predicted molar refractivity (Wildman–Crippen MR) is 108 cm³/mol. The van der Waals surface area contributed by atoms with Crippen LogP contribution in [0.15, 0.2) is 35.4 Å². The Morgan fingerprint density at radius 1 is 1.29 bits per heavy atom. The van der Waals surface area contributed by atoms with Crippen LogP contribution in [0.1, 0.15) is 40.6 Å². The van der Waals surface area contributed by atoms with E-state index in [1.807, 2.05) is 4.90 Å². The number of aromatic nitrogens is 2. The highest BCUT2D eigenvalue weighted by Crippen LogP contribution is 2.29. The lowest BCUT2D eigenvalue weighted by atomic mass is 9.99. The van der Waals surface area contributed by atoms with Crippen molar-refractivity contribution in [3.63, 3.8) is 0 Å². The molecule has 0 aliphatic carbocycles. The van der Waals surface area contributed by atoms with E-state index in [9.17, 15) is 14.0 Å². The molecule has 1 aromatic carbocycles. The van der Waals surface area contributed by atoms with Gasteiger partial charge in [-0.15, -0.1) is 11.3 Å². The first-order valence-electron chi connectivity index (χ1n) is 9.47. The van der Waals surface area contributed by atoms with Gasteiger partial charge in [0.2, 0.25) is 0 Å². The smallest absolute Gasteiger partial charge is 0.264 e. The molecule has 1 amide bonds. The number of halogens is 1. The van der Waals surface area contributed by atoms with Crippen LogP contribution in [0.25, 0.3) is 10.2 Å². The molecule has 0 atom stereocenters. The lowest BCUT2D eigenvalue weighted by Gasteiger charge is -2.30. The first-order valence-corrected chi connectivity index (χ1v) is 10.3. The van der Waals surface area contributed by atoms with Gasteiger partial charge < -0.3 is 4.90 Å². The van der Waals surface area contributed by atoms with E-state index in [1.165, 1.54) is 28.3 Å². The van der Waals surface area contributed by atoms with Crippen LogP contribution >= 0.6 is 11.3 Å². The quantitative estimate of drug-likeness (QED) is 0.673. The van der Waals surface area contributed by atoms with Crippen molar-refractivity contribution in [2.24, 2.45) is 5.92 Å². The van der Waals surface area contributed by atoms with Gasteiger partial charge in [0.25, 0.3) is 11.5 Å². The second-order valence-corrected chi connectivity index (χ2v) is 8.48. The Hall–Kier alpha value is -2.54. The Morgan fingerprint density at radius 2 is 2.00 bits per heavy atom. The maximum Gasteiger partial charge on any atom is 0.264 e. The average molecular weight is 399 g/mol. The van der Waals surface area contributed by atoms with Crippen molar-refractivity contribution in [1.29, 1.82) is 0 Å². The fraction of sp³-hybridized carbons (Fsp3) is 0.381. The number of benzene rings is 1. The molecule has 0 N–H and O–H groups in total. The van der Waals surface area contributed by atoms with Crippen molar-refractivity contribution >= 4 is 27.5 Å².